The van der Waals surface area contributed by atoms with Gasteiger partial charge in [-0.1, -0.05) is 30.9 Å². The number of furan rings is 1. The number of ether oxygens (including phenoxy) is 1. The molecule has 0 bridgehead atoms. The van der Waals surface area contributed by atoms with E-state index in [4.69, 9.17) is 20.8 Å². The van der Waals surface area contributed by atoms with Gasteiger partial charge in [0.2, 0.25) is 0 Å². The lowest BCUT2D eigenvalue weighted by molar-refractivity contribution is 0.0448. The molecule has 0 aliphatic heterocycles. The lowest BCUT2D eigenvalue weighted by atomic mass is 9.84. The van der Waals surface area contributed by atoms with Crippen molar-refractivity contribution >= 4 is 17.4 Å². The molecule has 1 heterocycles. The normalized spacial score (nSPS) is 20.0. The molecule has 1 N–H and O–H groups in total. The number of aliphatic hydroxyl groups is 1. The summed E-state index contributed by atoms with van der Waals surface area (Å²) in [4.78, 5) is 0. The Bertz CT molecular complexity index is 456. The summed E-state index contributed by atoms with van der Waals surface area (Å²) in [6, 6.07) is 3.69. The van der Waals surface area contributed by atoms with E-state index in [1.54, 1.807) is 0 Å². The van der Waals surface area contributed by atoms with Gasteiger partial charge >= 0.3 is 0 Å². The molecule has 2 rings (SSSR count). The van der Waals surface area contributed by atoms with E-state index in [0.717, 1.165) is 25.0 Å². The monoisotopic (exact) mass is 284 g/mol. The van der Waals surface area contributed by atoms with E-state index in [1.807, 2.05) is 26.0 Å². The van der Waals surface area contributed by atoms with Crippen LogP contribution in [0.4, 0.5) is 0 Å². The number of aryl methyl sites for hydroxylation is 1. The molecule has 0 atom stereocenters. The fourth-order valence-corrected chi connectivity index (χ4v) is 2.85. The molecule has 1 fully saturated rings. The largest absolute Gasteiger partial charge is 0.489 e. The molecule has 0 unspecified atom stereocenters. The Hall–Kier alpha value is -0.930. The Labute approximate surface area is 119 Å². The first kappa shape index (κ1) is 14.5. The topological polar surface area (TPSA) is 42.6 Å². The molecule has 1 aromatic rings. The van der Waals surface area contributed by atoms with Crippen molar-refractivity contribution in [2.24, 2.45) is 0 Å². The first-order valence-corrected chi connectivity index (χ1v) is 7.27. The summed E-state index contributed by atoms with van der Waals surface area (Å²) in [5, 5.41) is 11.1. The van der Waals surface area contributed by atoms with Gasteiger partial charge < -0.3 is 14.3 Å². The molecule has 4 heteroatoms. The molecular formula is C15H21ClO3. The van der Waals surface area contributed by atoms with Gasteiger partial charge in [-0.3, -0.25) is 0 Å². The van der Waals surface area contributed by atoms with Gasteiger partial charge in [0, 0.05) is 0 Å². The van der Waals surface area contributed by atoms with E-state index >= 15 is 0 Å². The number of rotatable bonds is 4. The van der Waals surface area contributed by atoms with Crippen LogP contribution in [0.5, 0.6) is 0 Å². The van der Waals surface area contributed by atoms with Crippen LogP contribution in [0.25, 0.3) is 5.76 Å². The smallest absolute Gasteiger partial charge is 0.179 e. The molecule has 1 aromatic heterocycles. The van der Waals surface area contributed by atoms with Gasteiger partial charge in [-0.05, 0) is 38.8 Å². The van der Waals surface area contributed by atoms with Gasteiger partial charge in [-0.2, -0.15) is 0 Å². The van der Waals surface area contributed by atoms with Crippen molar-refractivity contribution in [3.05, 3.63) is 28.7 Å². The van der Waals surface area contributed by atoms with Gasteiger partial charge in [0.25, 0.3) is 0 Å². The molecule has 0 aromatic carbocycles. The van der Waals surface area contributed by atoms with Crippen LogP contribution in [0, 0.1) is 6.92 Å². The Morgan fingerprint density at radius 1 is 1.37 bits per heavy atom. The van der Waals surface area contributed by atoms with Crippen LogP contribution in [0.3, 0.4) is 0 Å². The fraction of sp³-hybridized carbons (Fsp3) is 0.600. The summed E-state index contributed by atoms with van der Waals surface area (Å²) < 4.78 is 11.2. The van der Waals surface area contributed by atoms with Crippen LogP contribution in [-0.2, 0) is 4.74 Å². The van der Waals surface area contributed by atoms with Crippen LogP contribution in [0.2, 0.25) is 0 Å². The van der Waals surface area contributed by atoms with E-state index in [1.165, 1.54) is 0 Å². The minimum Gasteiger partial charge on any atom is -0.489 e. The van der Waals surface area contributed by atoms with Crippen LogP contribution >= 0.6 is 11.6 Å². The molecule has 1 saturated carbocycles. The summed E-state index contributed by atoms with van der Waals surface area (Å²) >= 11 is 6.43. The van der Waals surface area contributed by atoms with Crippen molar-refractivity contribution in [2.45, 2.75) is 51.6 Å². The first-order chi connectivity index (χ1) is 9.07. The maximum absolute atomic E-state index is 10.7. The average molecular weight is 285 g/mol. The maximum atomic E-state index is 10.7. The van der Waals surface area contributed by atoms with Crippen molar-refractivity contribution in [1.29, 1.82) is 0 Å². The molecular weight excluding hydrogens is 264 g/mol. The second-order valence-electron chi connectivity index (χ2n) is 5.08. The van der Waals surface area contributed by atoms with Gasteiger partial charge in [0.05, 0.1) is 11.6 Å². The van der Waals surface area contributed by atoms with Gasteiger partial charge in [0.15, 0.2) is 11.5 Å². The third-order valence-electron chi connectivity index (χ3n) is 3.54. The van der Waals surface area contributed by atoms with Crippen molar-refractivity contribution in [3.8, 4) is 0 Å². The van der Waals surface area contributed by atoms with Gasteiger partial charge in [-0.15, -0.1) is 0 Å². The molecule has 0 amide bonds. The fourth-order valence-electron chi connectivity index (χ4n) is 2.51. The minimum atomic E-state index is -0.967. The standard InChI is InChI=1S/C15H21ClO3/c1-3-18-13(12-8-7-11(2)19-12)14(16)15(17)9-5-4-6-10-15/h7-8,17H,3-6,9-10H2,1-2H3/b14-13+. The minimum absolute atomic E-state index is 0.378. The van der Waals surface area contributed by atoms with Crippen LogP contribution in [0.1, 0.15) is 50.5 Å². The third-order valence-corrected chi connectivity index (χ3v) is 4.06. The molecule has 1 aliphatic carbocycles. The third kappa shape index (κ3) is 3.15. The highest BCUT2D eigenvalue weighted by molar-refractivity contribution is 6.33. The predicted molar refractivity (Wildman–Crippen MR) is 75.9 cm³/mol. The second-order valence-corrected chi connectivity index (χ2v) is 5.46. The lowest BCUT2D eigenvalue weighted by Gasteiger charge is -2.32. The molecule has 1 aliphatic rings. The summed E-state index contributed by atoms with van der Waals surface area (Å²) in [5.74, 6) is 1.86. The van der Waals surface area contributed by atoms with Gasteiger partial charge in [0.1, 0.15) is 11.4 Å². The molecule has 0 radical (unpaired) electrons. The van der Waals surface area contributed by atoms with E-state index in [9.17, 15) is 5.11 Å². The van der Waals surface area contributed by atoms with E-state index < -0.39 is 5.60 Å². The number of hydrogen-bond donors (Lipinski definition) is 1. The highest BCUT2D eigenvalue weighted by Crippen LogP contribution is 2.40. The van der Waals surface area contributed by atoms with Crippen LogP contribution in [0.15, 0.2) is 21.6 Å². The van der Waals surface area contributed by atoms with E-state index in [2.05, 4.69) is 0 Å². The lowest BCUT2D eigenvalue weighted by Crippen LogP contribution is -2.32. The zero-order chi connectivity index (χ0) is 13.9. The quantitative estimate of drug-likeness (QED) is 0.842. The molecule has 3 nitrogen and oxygen atoms in total. The zero-order valence-corrected chi connectivity index (χ0v) is 12.3. The molecule has 106 valence electrons. The first-order valence-electron chi connectivity index (χ1n) is 6.89. The van der Waals surface area contributed by atoms with Crippen LogP contribution in [-0.4, -0.2) is 17.3 Å². The Balaban J connectivity index is 2.37. The number of hydrogen-bond acceptors (Lipinski definition) is 3. The summed E-state index contributed by atoms with van der Waals surface area (Å²) in [6.07, 6.45) is 4.49. The second kappa shape index (κ2) is 6.02. The average Bonchev–Trinajstić information content (AvgIpc) is 2.82. The summed E-state index contributed by atoms with van der Waals surface area (Å²) in [6.45, 7) is 4.25. The van der Waals surface area contributed by atoms with Crippen molar-refractivity contribution in [2.75, 3.05) is 6.61 Å². The maximum Gasteiger partial charge on any atom is 0.179 e. The summed E-state index contributed by atoms with van der Waals surface area (Å²) in [7, 11) is 0. The predicted octanol–water partition coefficient (Wildman–Crippen LogP) is 4.23. The van der Waals surface area contributed by atoms with Crippen molar-refractivity contribution in [1.82, 2.24) is 0 Å². The highest BCUT2D eigenvalue weighted by Gasteiger charge is 2.36. The Morgan fingerprint density at radius 3 is 2.58 bits per heavy atom. The van der Waals surface area contributed by atoms with Gasteiger partial charge in [-0.25, -0.2) is 0 Å². The SMILES string of the molecule is CCO/C(=C(/Cl)C1(O)CCCCC1)c1ccc(C)o1. The zero-order valence-electron chi connectivity index (χ0n) is 11.5. The van der Waals surface area contributed by atoms with Crippen LogP contribution < -0.4 is 0 Å². The van der Waals surface area contributed by atoms with Crippen molar-refractivity contribution in [3.63, 3.8) is 0 Å². The summed E-state index contributed by atoms with van der Waals surface area (Å²) in [5.41, 5.74) is -0.967. The van der Waals surface area contributed by atoms with E-state index in [-0.39, 0.29) is 0 Å². The molecule has 0 spiro atoms. The Morgan fingerprint density at radius 2 is 2.05 bits per heavy atom. The van der Waals surface area contributed by atoms with E-state index in [0.29, 0.717) is 36.0 Å². The van der Waals surface area contributed by atoms with Crippen molar-refractivity contribution < 1.29 is 14.3 Å². The molecule has 19 heavy (non-hydrogen) atoms. The Kier molecular flexibility index (Phi) is 4.58. The highest BCUT2D eigenvalue weighted by atomic mass is 35.5. The number of halogens is 1. The molecule has 0 saturated heterocycles.